The van der Waals surface area contributed by atoms with Gasteiger partial charge in [0, 0.05) is 43.2 Å². The zero-order valence-corrected chi connectivity index (χ0v) is 21.9. The Bertz CT molecular complexity index is 1570. The van der Waals surface area contributed by atoms with Crippen LogP contribution in [0, 0.1) is 5.92 Å². The number of aliphatic hydroxyl groups is 1. The molecule has 2 aliphatic heterocycles. The molecule has 4 aromatic rings. The third-order valence-corrected chi connectivity index (χ3v) is 8.34. The Morgan fingerprint density at radius 2 is 1.80 bits per heavy atom. The van der Waals surface area contributed by atoms with Gasteiger partial charge in [0.25, 0.3) is 11.5 Å². The van der Waals surface area contributed by atoms with E-state index in [2.05, 4.69) is 10.3 Å². The largest absolute Gasteiger partial charge is 0.382 e. The molecule has 0 aliphatic carbocycles. The van der Waals surface area contributed by atoms with E-state index in [1.807, 2.05) is 60.7 Å². The van der Waals surface area contributed by atoms with Gasteiger partial charge in [-0.3, -0.25) is 14.2 Å². The minimum Gasteiger partial charge on any atom is -0.382 e. The molecule has 4 heterocycles. The van der Waals surface area contributed by atoms with Gasteiger partial charge in [0.1, 0.15) is 11.9 Å². The highest BCUT2D eigenvalue weighted by molar-refractivity contribution is 5.80. The number of aromatic nitrogens is 3. The smallest absolute Gasteiger partial charge is 0.295 e. The van der Waals surface area contributed by atoms with Gasteiger partial charge in [-0.15, -0.1) is 0 Å². The molecule has 2 aromatic heterocycles. The highest BCUT2D eigenvalue weighted by Gasteiger charge is 2.57. The molecule has 3 atom stereocenters. The van der Waals surface area contributed by atoms with Gasteiger partial charge in [-0.1, -0.05) is 48.5 Å². The minimum atomic E-state index is -3.62. The van der Waals surface area contributed by atoms with Crippen LogP contribution >= 0.6 is 0 Å². The Kier molecular flexibility index (Phi) is 6.75. The van der Waals surface area contributed by atoms with E-state index in [0.717, 1.165) is 15.8 Å². The molecule has 2 saturated heterocycles. The molecule has 1 unspecified atom stereocenters. The van der Waals surface area contributed by atoms with E-state index in [-0.39, 0.29) is 30.2 Å². The molecule has 10 heteroatoms. The fourth-order valence-electron chi connectivity index (χ4n) is 6.04. The Hall–Kier alpha value is -3.89. The second-order valence-electron chi connectivity index (χ2n) is 10.8. The minimum absolute atomic E-state index is 0.0226. The molecule has 2 aliphatic rings. The van der Waals surface area contributed by atoms with Crippen LogP contribution in [-0.2, 0) is 11.3 Å². The lowest BCUT2D eigenvalue weighted by Crippen LogP contribution is -2.64. The van der Waals surface area contributed by atoms with Gasteiger partial charge in [0.15, 0.2) is 5.65 Å². The molecular weight excluding hydrogens is 516 g/mol. The number of benzene rings is 2. The number of rotatable bonds is 5. The van der Waals surface area contributed by atoms with Gasteiger partial charge in [-0.2, -0.15) is 0 Å². The fourth-order valence-corrected chi connectivity index (χ4v) is 6.04. The topological polar surface area (TPSA) is 92.4 Å². The number of piperidine rings is 2. The first kappa shape index (κ1) is 26.3. The lowest BCUT2D eigenvalue weighted by atomic mass is 9.79. The average Bonchev–Trinajstić information content (AvgIpc) is 3.42. The molecule has 0 bridgehead atoms. The molecule has 0 saturated carbocycles. The number of likely N-dealkylation sites (tertiary alicyclic amines) is 1. The maximum atomic E-state index is 15.6. The van der Waals surface area contributed by atoms with E-state index in [1.54, 1.807) is 16.8 Å². The van der Waals surface area contributed by atoms with Crippen molar-refractivity contribution in [3.63, 3.8) is 0 Å². The maximum Gasteiger partial charge on any atom is 0.295 e. The van der Waals surface area contributed by atoms with Gasteiger partial charge in [-0.25, -0.2) is 13.8 Å². The van der Waals surface area contributed by atoms with Gasteiger partial charge in [0.05, 0.1) is 18.5 Å². The molecule has 0 radical (unpaired) electrons. The van der Waals surface area contributed by atoms with Crippen molar-refractivity contribution in [2.75, 3.05) is 26.2 Å². The summed E-state index contributed by atoms with van der Waals surface area (Å²) in [7, 11) is 0. The SMILES string of the molecule is O=C([C@H]1CCNC[C@@H]1c1ccccc1)N1CCC(O)(Cn2cnc3c(ccn3-c3ccccc3)c2=O)C(F)(F)C1. The summed E-state index contributed by atoms with van der Waals surface area (Å²) in [4.78, 5) is 32.3. The number of hydrogen-bond donors (Lipinski definition) is 2. The van der Waals surface area contributed by atoms with Gasteiger partial charge in [-0.05, 0) is 36.7 Å². The third kappa shape index (κ3) is 4.61. The summed E-state index contributed by atoms with van der Waals surface area (Å²) in [6.45, 7) is -0.314. The molecule has 1 amide bonds. The van der Waals surface area contributed by atoms with E-state index in [9.17, 15) is 14.7 Å². The number of carbonyl (C=O) groups is 1. The standard InChI is InChI=1S/C30H31F2N5O3/c31-30(32)19-35(27(38)23-11-14-33-17-25(23)21-7-3-1-4-8-21)16-13-29(30,40)18-36-20-34-26-24(28(36)39)12-15-37(26)22-9-5-2-6-10-22/h1-10,12,15,20,23,25,33,40H,11,13-14,16-19H2/t23-,25+,29?/m0/s1. The van der Waals surface area contributed by atoms with E-state index >= 15 is 8.78 Å². The van der Waals surface area contributed by atoms with Gasteiger partial charge < -0.3 is 19.9 Å². The zero-order valence-electron chi connectivity index (χ0n) is 21.9. The highest BCUT2D eigenvalue weighted by atomic mass is 19.3. The number of nitrogens with one attached hydrogen (secondary N) is 1. The van der Waals surface area contributed by atoms with E-state index in [0.29, 0.717) is 25.2 Å². The molecule has 2 aromatic carbocycles. The lowest BCUT2D eigenvalue weighted by Gasteiger charge is -2.46. The van der Waals surface area contributed by atoms with Crippen molar-refractivity contribution in [2.24, 2.45) is 5.92 Å². The summed E-state index contributed by atoms with van der Waals surface area (Å²) in [5, 5.41) is 14.8. The summed E-state index contributed by atoms with van der Waals surface area (Å²) in [6, 6.07) is 20.6. The number of carbonyl (C=O) groups excluding carboxylic acids is 1. The second kappa shape index (κ2) is 10.3. The molecule has 208 valence electrons. The van der Waals surface area contributed by atoms with Crippen LogP contribution in [0.25, 0.3) is 16.7 Å². The summed E-state index contributed by atoms with van der Waals surface area (Å²) >= 11 is 0. The van der Waals surface area contributed by atoms with Crippen LogP contribution in [0.1, 0.15) is 24.3 Å². The quantitative estimate of drug-likeness (QED) is 0.401. The van der Waals surface area contributed by atoms with Gasteiger partial charge >= 0.3 is 0 Å². The number of fused-ring (bicyclic) bond motifs is 1. The zero-order chi connectivity index (χ0) is 27.9. The van der Waals surface area contributed by atoms with Crippen molar-refractivity contribution in [3.8, 4) is 5.69 Å². The number of nitrogens with zero attached hydrogens (tertiary/aromatic N) is 4. The lowest BCUT2D eigenvalue weighted by molar-refractivity contribution is -0.223. The Balaban J connectivity index is 1.21. The third-order valence-electron chi connectivity index (χ3n) is 8.34. The molecule has 2 fully saturated rings. The van der Waals surface area contributed by atoms with E-state index < -0.39 is 36.1 Å². The summed E-state index contributed by atoms with van der Waals surface area (Å²) < 4.78 is 34.0. The number of halogens is 2. The fraction of sp³-hybridized carbons (Fsp3) is 0.367. The van der Waals surface area contributed by atoms with E-state index in [4.69, 9.17) is 0 Å². The van der Waals surface area contributed by atoms with Crippen molar-refractivity contribution in [3.05, 3.63) is 95.2 Å². The normalized spacial score (nSPS) is 24.7. The second-order valence-corrected chi connectivity index (χ2v) is 10.8. The first-order valence-electron chi connectivity index (χ1n) is 13.5. The first-order chi connectivity index (χ1) is 19.3. The van der Waals surface area contributed by atoms with Crippen LogP contribution in [0.3, 0.4) is 0 Å². The summed E-state index contributed by atoms with van der Waals surface area (Å²) in [5.74, 6) is -4.48. The average molecular weight is 548 g/mol. The van der Waals surface area contributed by atoms with Crippen molar-refractivity contribution in [2.45, 2.75) is 36.8 Å². The molecule has 6 rings (SSSR count). The van der Waals surface area contributed by atoms with Crippen molar-refractivity contribution < 1.29 is 18.7 Å². The van der Waals surface area contributed by atoms with Crippen molar-refractivity contribution in [1.82, 2.24) is 24.3 Å². The van der Waals surface area contributed by atoms with Crippen molar-refractivity contribution in [1.29, 1.82) is 0 Å². The predicted octanol–water partition coefficient (Wildman–Crippen LogP) is 3.18. The predicted molar refractivity (Wildman–Crippen MR) is 147 cm³/mol. The Labute approximate surface area is 229 Å². The summed E-state index contributed by atoms with van der Waals surface area (Å²) in [5.41, 5.74) is -0.800. The molecule has 8 nitrogen and oxygen atoms in total. The number of hydrogen-bond acceptors (Lipinski definition) is 5. The highest BCUT2D eigenvalue weighted by Crippen LogP contribution is 2.40. The first-order valence-corrected chi connectivity index (χ1v) is 13.5. The number of para-hydroxylation sites is 1. The van der Waals surface area contributed by atoms with Crippen LogP contribution in [0.2, 0.25) is 0 Å². The maximum absolute atomic E-state index is 15.6. The van der Waals surface area contributed by atoms with E-state index in [1.165, 1.54) is 11.2 Å². The summed E-state index contributed by atoms with van der Waals surface area (Å²) in [6.07, 6.45) is 3.10. The number of amides is 1. The Morgan fingerprint density at radius 3 is 2.52 bits per heavy atom. The Morgan fingerprint density at radius 1 is 1.07 bits per heavy atom. The van der Waals surface area contributed by atoms with Gasteiger partial charge in [0.2, 0.25) is 5.91 Å². The van der Waals surface area contributed by atoms with Crippen LogP contribution in [-0.4, -0.2) is 67.7 Å². The van der Waals surface area contributed by atoms with Crippen LogP contribution in [0.4, 0.5) is 8.78 Å². The van der Waals surface area contributed by atoms with Crippen molar-refractivity contribution >= 4 is 16.9 Å². The van der Waals surface area contributed by atoms with Crippen LogP contribution in [0.5, 0.6) is 0 Å². The van der Waals surface area contributed by atoms with Crippen LogP contribution < -0.4 is 10.9 Å². The molecule has 2 N–H and O–H groups in total. The number of alkyl halides is 2. The monoisotopic (exact) mass is 547 g/mol. The molecular formula is C30H31F2N5O3. The molecule has 0 spiro atoms. The van der Waals surface area contributed by atoms with Crippen LogP contribution in [0.15, 0.2) is 84.0 Å². The molecule has 40 heavy (non-hydrogen) atoms.